The summed E-state index contributed by atoms with van der Waals surface area (Å²) in [5.41, 5.74) is 2.69. The van der Waals surface area contributed by atoms with Crippen molar-refractivity contribution in [2.45, 2.75) is 26.7 Å². The van der Waals surface area contributed by atoms with Crippen LogP contribution in [0.5, 0.6) is 0 Å². The number of carbonyl (C=O) groups is 1. The molecule has 1 aliphatic heterocycles. The van der Waals surface area contributed by atoms with Gasteiger partial charge in [-0.05, 0) is 43.5 Å². The third-order valence-corrected chi connectivity index (χ3v) is 5.20. The molecular weight excluding hydrogens is 328 g/mol. The Hall–Kier alpha value is -1.60. The Morgan fingerprint density at radius 3 is 2.29 bits per heavy atom. The van der Waals surface area contributed by atoms with Gasteiger partial charge in [-0.3, -0.25) is 9.10 Å². The Morgan fingerprint density at radius 2 is 1.75 bits per heavy atom. The van der Waals surface area contributed by atoms with Gasteiger partial charge in [-0.1, -0.05) is 6.07 Å². The van der Waals surface area contributed by atoms with E-state index >= 15 is 0 Å². The van der Waals surface area contributed by atoms with Gasteiger partial charge in [0.25, 0.3) is 0 Å². The minimum atomic E-state index is -3.39. The molecule has 0 saturated carbocycles. The van der Waals surface area contributed by atoms with Gasteiger partial charge < -0.3 is 9.64 Å². The number of carbonyl (C=O) groups excluding carboxylic acids is 1. The zero-order chi connectivity index (χ0) is 17.7. The fraction of sp³-hybridized carbons (Fsp3) is 0.588. The molecule has 0 spiro atoms. The second kappa shape index (κ2) is 7.98. The number of morpholine rings is 1. The first kappa shape index (κ1) is 18.7. The van der Waals surface area contributed by atoms with E-state index in [9.17, 15) is 13.2 Å². The Bertz CT molecular complexity index is 662. The molecule has 1 amide bonds. The summed E-state index contributed by atoms with van der Waals surface area (Å²) in [6.45, 7) is 6.57. The fourth-order valence-corrected chi connectivity index (χ4v) is 3.87. The fourth-order valence-electron chi connectivity index (χ4n) is 2.93. The van der Waals surface area contributed by atoms with Crippen LogP contribution >= 0.6 is 0 Å². The number of amides is 1. The molecule has 1 aliphatic rings. The number of nitrogens with zero attached hydrogens (tertiary/aromatic N) is 2. The van der Waals surface area contributed by atoms with E-state index in [0.29, 0.717) is 51.4 Å². The van der Waals surface area contributed by atoms with Crippen molar-refractivity contribution in [3.8, 4) is 0 Å². The van der Waals surface area contributed by atoms with Crippen molar-refractivity contribution in [1.82, 2.24) is 4.90 Å². The first-order valence-corrected chi connectivity index (χ1v) is 10.0. The predicted octanol–water partition coefficient (Wildman–Crippen LogP) is 1.71. The average Bonchev–Trinajstić information content (AvgIpc) is 2.50. The number of hydrogen-bond donors (Lipinski definition) is 0. The number of aryl methyl sites for hydroxylation is 2. The van der Waals surface area contributed by atoms with Crippen LogP contribution in [0.15, 0.2) is 18.2 Å². The Morgan fingerprint density at radius 1 is 1.17 bits per heavy atom. The quantitative estimate of drug-likeness (QED) is 0.780. The van der Waals surface area contributed by atoms with E-state index in [1.54, 1.807) is 4.90 Å². The molecule has 1 heterocycles. The number of hydrogen-bond acceptors (Lipinski definition) is 4. The minimum absolute atomic E-state index is 0.0622. The summed E-state index contributed by atoms with van der Waals surface area (Å²) in [6, 6.07) is 5.72. The lowest BCUT2D eigenvalue weighted by molar-refractivity contribution is -0.135. The molecule has 1 fully saturated rings. The van der Waals surface area contributed by atoms with Gasteiger partial charge in [0.1, 0.15) is 0 Å². The number of sulfonamides is 1. The van der Waals surface area contributed by atoms with Crippen molar-refractivity contribution in [3.05, 3.63) is 29.3 Å². The molecule has 1 aromatic carbocycles. The van der Waals surface area contributed by atoms with Gasteiger partial charge in [0.05, 0.1) is 25.2 Å². The highest BCUT2D eigenvalue weighted by molar-refractivity contribution is 7.92. The molecule has 1 aromatic rings. The highest BCUT2D eigenvalue weighted by Crippen LogP contribution is 2.22. The first-order valence-electron chi connectivity index (χ1n) is 8.19. The van der Waals surface area contributed by atoms with Crippen molar-refractivity contribution in [1.29, 1.82) is 0 Å². The van der Waals surface area contributed by atoms with E-state index in [4.69, 9.17) is 4.74 Å². The summed E-state index contributed by atoms with van der Waals surface area (Å²) in [5.74, 6) is 0.0622. The number of anilines is 1. The Labute approximate surface area is 144 Å². The average molecular weight is 354 g/mol. The van der Waals surface area contributed by atoms with E-state index in [-0.39, 0.29) is 5.91 Å². The van der Waals surface area contributed by atoms with Crippen LogP contribution in [0.3, 0.4) is 0 Å². The number of rotatable bonds is 6. The topological polar surface area (TPSA) is 66.9 Å². The summed E-state index contributed by atoms with van der Waals surface area (Å²) in [5, 5.41) is 0. The highest BCUT2D eigenvalue weighted by atomic mass is 32.2. The van der Waals surface area contributed by atoms with Gasteiger partial charge >= 0.3 is 0 Å². The summed E-state index contributed by atoms with van der Waals surface area (Å²) in [7, 11) is -3.39. The van der Waals surface area contributed by atoms with Gasteiger partial charge in [-0.25, -0.2) is 8.42 Å². The molecular formula is C17H26N2O4S. The van der Waals surface area contributed by atoms with E-state index in [2.05, 4.69) is 0 Å². The molecule has 0 radical (unpaired) electrons. The molecule has 0 N–H and O–H groups in total. The van der Waals surface area contributed by atoms with Crippen LogP contribution < -0.4 is 4.31 Å². The highest BCUT2D eigenvalue weighted by Gasteiger charge is 2.20. The van der Waals surface area contributed by atoms with Crippen LogP contribution in [0, 0.1) is 13.8 Å². The molecule has 0 aliphatic carbocycles. The van der Waals surface area contributed by atoms with Crippen LogP contribution in [0.25, 0.3) is 0 Å². The first-order chi connectivity index (χ1) is 11.3. The molecule has 134 valence electrons. The van der Waals surface area contributed by atoms with Gasteiger partial charge in [-0.2, -0.15) is 0 Å². The molecule has 24 heavy (non-hydrogen) atoms. The molecule has 0 atom stereocenters. The summed E-state index contributed by atoms with van der Waals surface area (Å²) >= 11 is 0. The number of benzene rings is 1. The zero-order valence-electron chi connectivity index (χ0n) is 14.6. The molecule has 1 saturated heterocycles. The second-order valence-corrected chi connectivity index (χ2v) is 8.18. The third kappa shape index (κ3) is 5.21. The summed E-state index contributed by atoms with van der Waals surface area (Å²) < 4.78 is 30.9. The van der Waals surface area contributed by atoms with Gasteiger partial charge in [0.15, 0.2) is 0 Å². The Balaban J connectivity index is 2.01. The maximum absolute atomic E-state index is 12.2. The molecule has 0 unspecified atom stereocenters. The lowest BCUT2D eigenvalue weighted by Gasteiger charge is -2.27. The number of ether oxygens (including phenoxy) is 1. The normalized spacial score (nSPS) is 15.4. The second-order valence-electron chi connectivity index (χ2n) is 6.28. The van der Waals surface area contributed by atoms with Crippen molar-refractivity contribution >= 4 is 21.6 Å². The van der Waals surface area contributed by atoms with Crippen LogP contribution in [-0.2, 0) is 19.6 Å². The van der Waals surface area contributed by atoms with Gasteiger partial charge in [0.2, 0.25) is 15.9 Å². The van der Waals surface area contributed by atoms with Gasteiger partial charge in [0, 0.05) is 26.1 Å². The maximum atomic E-state index is 12.2. The van der Waals surface area contributed by atoms with Crippen molar-refractivity contribution in [2.75, 3.05) is 43.4 Å². The third-order valence-electron chi connectivity index (χ3n) is 4.01. The van der Waals surface area contributed by atoms with Crippen LogP contribution in [0.4, 0.5) is 5.69 Å². The zero-order valence-corrected chi connectivity index (χ0v) is 15.4. The largest absolute Gasteiger partial charge is 0.378 e. The predicted molar refractivity (Wildman–Crippen MR) is 94.7 cm³/mol. The monoisotopic (exact) mass is 354 g/mol. The molecule has 2 rings (SSSR count). The lowest BCUT2D eigenvalue weighted by Crippen LogP contribution is -2.41. The minimum Gasteiger partial charge on any atom is -0.378 e. The van der Waals surface area contributed by atoms with Gasteiger partial charge in [-0.15, -0.1) is 0 Å². The van der Waals surface area contributed by atoms with Crippen LogP contribution in [0.1, 0.15) is 24.0 Å². The van der Waals surface area contributed by atoms with E-state index < -0.39 is 10.0 Å². The van der Waals surface area contributed by atoms with Crippen molar-refractivity contribution < 1.29 is 17.9 Å². The van der Waals surface area contributed by atoms with Crippen molar-refractivity contribution in [2.24, 2.45) is 0 Å². The molecule has 7 heteroatoms. The molecule has 0 bridgehead atoms. The van der Waals surface area contributed by atoms with E-state index in [1.807, 2.05) is 32.0 Å². The molecule has 6 nitrogen and oxygen atoms in total. The Kier molecular flexibility index (Phi) is 6.23. The van der Waals surface area contributed by atoms with Crippen LogP contribution in [-0.4, -0.2) is 58.3 Å². The molecule has 0 aromatic heterocycles. The van der Waals surface area contributed by atoms with E-state index in [0.717, 1.165) is 11.1 Å². The SMILES string of the molecule is Cc1cc(C)cc(N(CCCC(=O)N2CCOCC2)S(C)(=O)=O)c1. The lowest BCUT2D eigenvalue weighted by atomic mass is 10.1. The maximum Gasteiger partial charge on any atom is 0.232 e. The summed E-state index contributed by atoms with van der Waals surface area (Å²) in [6.07, 6.45) is 2.04. The smallest absolute Gasteiger partial charge is 0.232 e. The van der Waals surface area contributed by atoms with Crippen molar-refractivity contribution in [3.63, 3.8) is 0 Å². The van der Waals surface area contributed by atoms with E-state index in [1.165, 1.54) is 10.6 Å². The standard InChI is InChI=1S/C17H26N2O4S/c1-14-11-15(2)13-16(12-14)19(24(3,21)22)6-4-5-17(20)18-7-9-23-10-8-18/h11-13H,4-10H2,1-3H3. The summed E-state index contributed by atoms with van der Waals surface area (Å²) in [4.78, 5) is 14.0. The van der Waals surface area contributed by atoms with Crippen LogP contribution in [0.2, 0.25) is 0 Å².